The van der Waals surface area contributed by atoms with Crippen molar-refractivity contribution in [3.8, 4) is 11.3 Å². The Balaban J connectivity index is 2.32. The van der Waals surface area contributed by atoms with Gasteiger partial charge in [0, 0.05) is 28.0 Å². The van der Waals surface area contributed by atoms with E-state index in [-0.39, 0.29) is 0 Å². The average molecular weight is 214 g/mol. The van der Waals surface area contributed by atoms with E-state index in [1.165, 1.54) is 22.0 Å². The molecule has 15 heavy (non-hydrogen) atoms. The molecule has 2 heterocycles. The minimum atomic E-state index is 1.05. The van der Waals surface area contributed by atoms with Gasteiger partial charge in [-0.3, -0.25) is 0 Å². The van der Waals surface area contributed by atoms with E-state index in [9.17, 15) is 0 Å². The van der Waals surface area contributed by atoms with Crippen molar-refractivity contribution in [2.24, 2.45) is 0 Å². The Labute approximate surface area is 91.6 Å². The van der Waals surface area contributed by atoms with Crippen molar-refractivity contribution >= 4 is 22.2 Å². The van der Waals surface area contributed by atoms with Crippen LogP contribution in [0.3, 0.4) is 0 Å². The monoisotopic (exact) mass is 214 g/mol. The van der Waals surface area contributed by atoms with E-state index in [0.717, 1.165) is 5.69 Å². The molecule has 0 bridgehead atoms. The van der Waals surface area contributed by atoms with Crippen LogP contribution in [0.25, 0.3) is 22.2 Å². The number of hydrogen-bond acceptors (Lipinski definition) is 2. The molecule has 0 aliphatic heterocycles. The first-order valence-corrected chi connectivity index (χ1v) is 5.75. The van der Waals surface area contributed by atoms with Crippen LogP contribution in [0.2, 0.25) is 0 Å². The summed E-state index contributed by atoms with van der Waals surface area (Å²) in [5, 5.41) is 3.33. The van der Waals surface area contributed by atoms with Crippen molar-refractivity contribution in [3.05, 3.63) is 40.8 Å². The summed E-state index contributed by atoms with van der Waals surface area (Å²) in [5.74, 6) is 0. The van der Waals surface area contributed by atoms with Crippen LogP contribution in [0, 0.1) is 6.92 Å². The SMILES string of the molecule is Cc1ccc2[nH]cc(-c3cscn3)c2c1. The van der Waals surface area contributed by atoms with Crippen LogP contribution in [-0.4, -0.2) is 9.97 Å². The largest absolute Gasteiger partial charge is 0.360 e. The van der Waals surface area contributed by atoms with E-state index in [0.29, 0.717) is 0 Å². The third-order valence-corrected chi connectivity index (χ3v) is 3.13. The summed E-state index contributed by atoms with van der Waals surface area (Å²) in [4.78, 5) is 7.61. The molecule has 0 fully saturated rings. The lowest BCUT2D eigenvalue weighted by atomic mass is 10.1. The van der Waals surface area contributed by atoms with Crippen molar-refractivity contribution in [1.82, 2.24) is 9.97 Å². The number of hydrogen-bond donors (Lipinski definition) is 1. The Bertz CT molecular complexity index is 593. The molecule has 0 unspecified atom stereocenters. The fraction of sp³-hybridized carbons (Fsp3) is 0.0833. The Morgan fingerprint density at radius 1 is 1.33 bits per heavy atom. The second-order valence-electron chi connectivity index (χ2n) is 3.63. The van der Waals surface area contributed by atoms with Gasteiger partial charge in [-0.05, 0) is 19.1 Å². The van der Waals surface area contributed by atoms with Gasteiger partial charge in [-0.1, -0.05) is 11.6 Å². The van der Waals surface area contributed by atoms with E-state index < -0.39 is 0 Å². The second kappa shape index (κ2) is 3.21. The van der Waals surface area contributed by atoms with E-state index in [1.54, 1.807) is 11.3 Å². The molecule has 3 aromatic rings. The van der Waals surface area contributed by atoms with Gasteiger partial charge in [0.2, 0.25) is 0 Å². The topological polar surface area (TPSA) is 28.7 Å². The van der Waals surface area contributed by atoms with Gasteiger partial charge in [0.1, 0.15) is 0 Å². The zero-order valence-electron chi connectivity index (χ0n) is 8.32. The van der Waals surface area contributed by atoms with Gasteiger partial charge in [0.15, 0.2) is 0 Å². The van der Waals surface area contributed by atoms with Gasteiger partial charge in [-0.15, -0.1) is 11.3 Å². The van der Waals surface area contributed by atoms with Crippen molar-refractivity contribution in [3.63, 3.8) is 0 Å². The number of nitrogens with zero attached hydrogens (tertiary/aromatic N) is 1. The molecule has 0 radical (unpaired) electrons. The number of H-pyrrole nitrogens is 1. The number of fused-ring (bicyclic) bond motifs is 1. The number of thiazole rings is 1. The number of aromatic amines is 1. The average Bonchev–Trinajstić information content (AvgIpc) is 2.83. The highest BCUT2D eigenvalue weighted by Gasteiger charge is 2.07. The van der Waals surface area contributed by atoms with Crippen molar-refractivity contribution < 1.29 is 0 Å². The normalized spacial score (nSPS) is 11.0. The minimum Gasteiger partial charge on any atom is -0.360 e. The Morgan fingerprint density at radius 3 is 3.07 bits per heavy atom. The maximum absolute atomic E-state index is 4.34. The van der Waals surface area contributed by atoms with Crippen LogP contribution in [0.5, 0.6) is 0 Å². The van der Waals surface area contributed by atoms with Crippen LogP contribution in [0.15, 0.2) is 35.3 Å². The van der Waals surface area contributed by atoms with Gasteiger partial charge in [0.05, 0.1) is 11.2 Å². The third kappa shape index (κ3) is 1.36. The highest BCUT2D eigenvalue weighted by atomic mass is 32.1. The van der Waals surface area contributed by atoms with Crippen molar-refractivity contribution in [2.45, 2.75) is 6.92 Å². The number of rotatable bonds is 1. The molecule has 0 spiro atoms. The zero-order chi connectivity index (χ0) is 10.3. The predicted octanol–water partition coefficient (Wildman–Crippen LogP) is 3.60. The molecule has 0 aliphatic rings. The van der Waals surface area contributed by atoms with Crippen LogP contribution >= 0.6 is 11.3 Å². The van der Waals surface area contributed by atoms with Crippen LogP contribution in [-0.2, 0) is 0 Å². The lowest BCUT2D eigenvalue weighted by Gasteiger charge is -1.96. The first-order chi connectivity index (χ1) is 7.34. The zero-order valence-corrected chi connectivity index (χ0v) is 9.14. The second-order valence-corrected chi connectivity index (χ2v) is 4.34. The summed E-state index contributed by atoms with van der Waals surface area (Å²) in [6.45, 7) is 2.11. The van der Waals surface area contributed by atoms with Gasteiger partial charge >= 0.3 is 0 Å². The number of aromatic nitrogens is 2. The summed E-state index contributed by atoms with van der Waals surface area (Å²) in [5.41, 5.74) is 6.55. The fourth-order valence-electron chi connectivity index (χ4n) is 1.79. The highest BCUT2D eigenvalue weighted by Crippen LogP contribution is 2.28. The fourth-order valence-corrected chi connectivity index (χ4v) is 2.34. The first kappa shape index (κ1) is 8.68. The Morgan fingerprint density at radius 2 is 2.27 bits per heavy atom. The van der Waals surface area contributed by atoms with Crippen LogP contribution in [0.4, 0.5) is 0 Å². The van der Waals surface area contributed by atoms with Crippen molar-refractivity contribution in [2.75, 3.05) is 0 Å². The Kier molecular flexibility index (Phi) is 1.86. The smallest absolute Gasteiger partial charge is 0.0832 e. The molecule has 3 rings (SSSR count). The molecule has 2 aromatic heterocycles. The molecule has 1 aromatic carbocycles. The maximum atomic E-state index is 4.34. The minimum absolute atomic E-state index is 1.05. The molecule has 0 saturated heterocycles. The summed E-state index contributed by atoms with van der Waals surface area (Å²) >= 11 is 1.63. The van der Waals surface area contributed by atoms with Gasteiger partial charge in [0.25, 0.3) is 0 Å². The standard InChI is InChI=1S/C12H10N2S/c1-8-2-3-11-9(4-8)10(5-13-11)12-6-15-7-14-12/h2-7,13H,1H3. The molecular weight excluding hydrogens is 204 g/mol. The van der Waals surface area contributed by atoms with E-state index in [4.69, 9.17) is 0 Å². The quantitative estimate of drug-likeness (QED) is 0.658. The molecule has 74 valence electrons. The molecule has 1 N–H and O–H groups in total. The van der Waals surface area contributed by atoms with E-state index in [2.05, 4.69) is 40.5 Å². The van der Waals surface area contributed by atoms with Crippen LogP contribution in [0.1, 0.15) is 5.56 Å². The summed E-state index contributed by atoms with van der Waals surface area (Å²) < 4.78 is 0. The summed E-state index contributed by atoms with van der Waals surface area (Å²) in [7, 11) is 0. The lowest BCUT2D eigenvalue weighted by Crippen LogP contribution is -1.75. The van der Waals surface area contributed by atoms with Gasteiger partial charge < -0.3 is 4.98 Å². The van der Waals surface area contributed by atoms with Crippen LogP contribution < -0.4 is 0 Å². The number of benzene rings is 1. The molecule has 0 aliphatic carbocycles. The number of nitrogens with one attached hydrogen (secondary N) is 1. The first-order valence-electron chi connectivity index (χ1n) is 4.81. The van der Waals surface area contributed by atoms with E-state index in [1.807, 2.05) is 11.7 Å². The lowest BCUT2D eigenvalue weighted by molar-refractivity contribution is 1.41. The van der Waals surface area contributed by atoms with Crippen molar-refractivity contribution in [1.29, 1.82) is 0 Å². The Hall–Kier alpha value is -1.61. The summed E-state index contributed by atoms with van der Waals surface area (Å²) in [6, 6.07) is 6.42. The molecule has 2 nitrogen and oxygen atoms in total. The van der Waals surface area contributed by atoms with E-state index >= 15 is 0 Å². The molecule has 0 amide bonds. The molecule has 0 atom stereocenters. The maximum Gasteiger partial charge on any atom is 0.0832 e. The predicted molar refractivity (Wildman–Crippen MR) is 64.1 cm³/mol. The van der Waals surface area contributed by atoms with Gasteiger partial charge in [-0.2, -0.15) is 0 Å². The molecule has 0 saturated carbocycles. The summed E-state index contributed by atoms with van der Waals surface area (Å²) in [6.07, 6.45) is 2.03. The third-order valence-electron chi connectivity index (χ3n) is 2.55. The highest BCUT2D eigenvalue weighted by molar-refractivity contribution is 7.07. The number of aryl methyl sites for hydroxylation is 1. The van der Waals surface area contributed by atoms with Gasteiger partial charge in [-0.25, -0.2) is 4.98 Å². The molecular formula is C12H10N2S. The molecule has 3 heteroatoms.